The lowest BCUT2D eigenvalue weighted by Gasteiger charge is -2.36. The van der Waals surface area contributed by atoms with Gasteiger partial charge >= 0.3 is 0 Å². The molecule has 0 fully saturated rings. The van der Waals surface area contributed by atoms with Gasteiger partial charge in [0.2, 0.25) is 5.91 Å². The number of fused-ring (bicyclic) bond motifs is 3. The molecule has 2 aliphatic rings. The van der Waals surface area contributed by atoms with Crippen LogP contribution in [0.2, 0.25) is 0 Å². The summed E-state index contributed by atoms with van der Waals surface area (Å²) in [6.45, 7) is 2.78. The van der Waals surface area contributed by atoms with Gasteiger partial charge in [0.05, 0.1) is 18.7 Å². The number of amides is 2. The zero-order valence-electron chi connectivity index (χ0n) is 19.8. The van der Waals surface area contributed by atoms with Crippen LogP contribution >= 0.6 is 0 Å². The van der Waals surface area contributed by atoms with Gasteiger partial charge in [-0.1, -0.05) is 6.07 Å². The van der Waals surface area contributed by atoms with E-state index in [9.17, 15) is 22.4 Å². The number of sulfone groups is 1. The van der Waals surface area contributed by atoms with Crippen molar-refractivity contribution < 1.29 is 27.1 Å². The quantitative estimate of drug-likeness (QED) is 0.524. The molecule has 2 N–H and O–H groups in total. The van der Waals surface area contributed by atoms with Gasteiger partial charge in [-0.3, -0.25) is 14.3 Å². The van der Waals surface area contributed by atoms with Crippen molar-refractivity contribution in [1.29, 1.82) is 0 Å². The van der Waals surface area contributed by atoms with E-state index in [-0.39, 0.29) is 17.1 Å². The summed E-state index contributed by atoms with van der Waals surface area (Å²) in [5, 5.41) is 10.3. The van der Waals surface area contributed by atoms with Gasteiger partial charge in [0, 0.05) is 11.8 Å². The maximum Gasteiger partial charge on any atom is 0.272 e. The molecule has 1 atom stereocenters. The predicted molar refractivity (Wildman–Crippen MR) is 131 cm³/mol. The normalized spacial score (nSPS) is 18.5. The minimum Gasteiger partial charge on any atom is -0.494 e. The molecule has 1 spiro atoms. The maximum atomic E-state index is 13.6. The summed E-state index contributed by atoms with van der Waals surface area (Å²) in [5.74, 6) is -1.67. The molecule has 188 valence electrons. The molecule has 9 nitrogen and oxygen atoms in total. The highest BCUT2D eigenvalue weighted by molar-refractivity contribution is 7.91. The zero-order chi connectivity index (χ0) is 25.7. The zero-order valence-corrected chi connectivity index (χ0v) is 20.6. The summed E-state index contributed by atoms with van der Waals surface area (Å²) in [4.78, 5) is 26.0. The summed E-state index contributed by atoms with van der Waals surface area (Å²) in [6.07, 6.45) is 2.35. The number of anilines is 1. The second-order valence-electron chi connectivity index (χ2n) is 9.14. The Balaban J connectivity index is 1.58. The van der Waals surface area contributed by atoms with E-state index in [2.05, 4.69) is 15.7 Å². The van der Waals surface area contributed by atoms with Gasteiger partial charge in [0.1, 0.15) is 28.7 Å². The van der Waals surface area contributed by atoms with E-state index in [1.807, 2.05) is 25.1 Å². The molecule has 2 heterocycles. The number of nitrogens with zero attached hydrogens (tertiary/aromatic N) is 2. The van der Waals surface area contributed by atoms with E-state index < -0.39 is 38.8 Å². The third-order valence-corrected chi connectivity index (χ3v) is 7.23. The van der Waals surface area contributed by atoms with Crippen LogP contribution in [0.4, 0.5) is 10.1 Å². The minimum atomic E-state index is -3.60. The molecule has 5 rings (SSSR count). The number of ether oxygens (including phenoxy) is 1. The molecule has 0 saturated carbocycles. The summed E-state index contributed by atoms with van der Waals surface area (Å²) < 4.78 is 44.0. The fourth-order valence-corrected chi connectivity index (χ4v) is 5.55. The lowest BCUT2D eigenvalue weighted by atomic mass is 9.89. The van der Waals surface area contributed by atoms with Crippen LogP contribution in [0, 0.1) is 5.82 Å². The first-order valence-corrected chi connectivity index (χ1v) is 13.6. The lowest BCUT2D eigenvalue weighted by molar-refractivity contribution is -0.113. The highest BCUT2D eigenvalue weighted by atomic mass is 32.2. The molecule has 36 heavy (non-hydrogen) atoms. The first kappa shape index (κ1) is 24.0. The van der Waals surface area contributed by atoms with Gasteiger partial charge in [0.25, 0.3) is 5.91 Å². The van der Waals surface area contributed by atoms with Gasteiger partial charge in [-0.2, -0.15) is 5.10 Å². The molecule has 1 aliphatic carbocycles. The van der Waals surface area contributed by atoms with E-state index in [0.717, 1.165) is 29.6 Å². The number of halogens is 1. The van der Waals surface area contributed by atoms with E-state index in [0.29, 0.717) is 25.1 Å². The topological polar surface area (TPSA) is 119 Å². The Morgan fingerprint density at radius 1 is 1.25 bits per heavy atom. The van der Waals surface area contributed by atoms with E-state index in [1.165, 1.54) is 24.3 Å². The first-order valence-electron chi connectivity index (χ1n) is 11.5. The Kier molecular flexibility index (Phi) is 5.82. The molecule has 11 heteroatoms. The van der Waals surface area contributed by atoms with Crippen molar-refractivity contribution in [3.05, 3.63) is 65.1 Å². The minimum absolute atomic E-state index is 0.0903. The number of nitrogens with one attached hydrogen (secondary N) is 2. The molecule has 2 amide bonds. The summed E-state index contributed by atoms with van der Waals surface area (Å²) in [6, 6.07) is 11.3. The third kappa shape index (κ3) is 4.34. The summed E-state index contributed by atoms with van der Waals surface area (Å²) in [7, 11) is -3.60. The van der Waals surface area contributed by atoms with Gasteiger partial charge in [0.15, 0.2) is 15.5 Å². The molecule has 2 aromatic carbocycles. The van der Waals surface area contributed by atoms with Crippen LogP contribution in [0.5, 0.6) is 5.75 Å². The molecule has 0 saturated heterocycles. The van der Waals surface area contributed by atoms with E-state index >= 15 is 0 Å². The molecule has 3 aromatic rings. The smallest absolute Gasteiger partial charge is 0.272 e. The number of hydrogen-bond acceptors (Lipinski definition) is 6. The second-order valence-corrected chi connectivity index (χ2v) is 11.3. The van der Waals surface area contributed by atoms with Crippen LogP contribution in [-0.4, -0.2) is 48.6 Å². The summed E-state index contributed by atoms with van der Waals surface area (Å²) >= 11 is 0. The fourth-order valence-electron chi connectivity index (χ4n) is 5.00. The number of aryl methyl sites for hydroxylation is 1. The molecule has 0 unspecified atom stereocenters. The molecule has 0 radical (unpaired) electrons. The summed E-state index contributed by atoms with van der Waals surface area (Å²) in [5.41, 5.74) is 2.30. The molecule has 0 bridgehead atoms. The maximum absolute atomic E-state index is 13.6. The Hall–Kier alpha value is -3.73. The van der Waals surface area contributed by atoms with Crippen LogP contribution in [0.3, 0.4) is 0 Å². The number of benzene rings is 2. The molecular weight excluding hydrogens is 487 g/mol. The van der Waals surface area contributed by atoms with E-state index in [1.54, 1.807) is 4.68 Å². The Labute approximate surface area is 207 Å². The van der Waals surface area contributed by atoms with Crippen molar-refractivity contribution >= 4 is 27.3 Å². The third-order valence-electron chi connectivity index (χ3n) is 6.44. The number of rotatable bonds is 6. The van der Waals surface area contributed by atoms with Gasteiger partial charge < -0.3 is 15.4 Å². The standard InChI is InChI=1S/C25H25FN4O5S/c1-3-35-18-8-9-19-16(12-18)10-11-25(19)14-30-23(24(32)28-25)22(27-20(31)13-36(2,33)34)21(29-30)15-4-6-17(26)7-5-15/h4-9,12H,3,10-11,13-14H2,1-2H3,(H,27,31)(H,28,32)/t25-/m1/s1. The molecule has 1 aliphatic heterocycles. The molecule has 1 aromatic heterocycles. The van der Waals surface area contributed by atoms with Gasteiger partial charge in [-0.05, 0) is 67.3 Å². The van der Waals surface area contributed by atoms with Gasteiger partial charge in [-0.15, -0.1) is 0 Å². The van der Waals surface area contributed by atoms with Crippen molar-refractivity contribution in [3.8, 4) is 17.0 Å². The second kappa shape index (κ2) is 8.74. The lowest BCUT2D eigenvalue weighted by Crippen LogP contribution is -2.52. The van der Waals surface area contributed by atoms with Crippen LogP contribution in [0.25, 0.3) is 11.3 Å². The van der Waals surface area contributed by atoms with Crippen LogP contribution in [0.15, 0.2) is 42.5 Å². The van der Waals surface area contributed by atoms with Crippen molar-refractivity contribution in [3.63, 3.8) is 0 Å². The SMILES string of the molecule is CCOc1ccc2c(c1)CC[C@@]21Cn2nc(-c3ccc(F)cc3)c(NC(=O)CS(C)(=O)=O)c2C(=O)N1. The van der Waals surface area contributed by atoms with Crippen molar-refractivity contribution in [2.24, 2.45) is 0 Å². The number of carbonyl (C=O) groups excluding carboxylic acids is 2. The predicted octanol–water partition coefficient (Wildman–Crippen LogP) is 2.66. The average Bonchev–Trinajstić information content (AvgIpc) is 3.32. The number of hydrogen-bond donors (Lipinski definition) is 2. The number of aromatic nitrogens is 2. The van der Waals surface area contributed by atoms with Crippen molar-refractivity contribution in [2.75, 3.05) is 23.9 Å². The number of carbonyl (C=O) groups is 2. The van der Waals surface area contributed by atoms with Crippen molar-refractivity contribution in [1.82, 2.24) is 15.1 Å². The highest BCUT2D eigenvalue weighted by Gasteiger charge is 2.46. The van der Waals surface area contributed by atoms with Crippen LogP contribution in [-0.2, 0) is 33.1 Å². The highest BCUT2D eigenvalue weighted by Crippen LogP contribution is 2.43. The Morgan fingerprint density at radius 2 is 2.00 bits per heavy atom. The van der Waals surface area contributed by atoms with E-state index in [4.69, 9.17) is 4.74 Å². The Bertz CT molecular complexity index is 1480. The fraction of sp³-hybridized carbons (Fsp3) is 0.320. The van der Waals surface area contributed by atoms with Crippen LogP contribution in [0.1, 0.15) is 35.0 Å². The molecular formula is C25H25FN4O5S. The van der Waals surface area contributed by atoms with Gasteiger partial charge in [-0.25, -0.2) is 12.8 Å². The average molecular weight is 513 g/mol. The van der Waals surface area contributed by atoms with Crippen LogP contribution < -0.4 is 15.4 Å². The Morgan fingerprint density at radius 3 is 2.69 bits per heavy atom. The largest absolute Gasteiger partial charge is 0.494 e. The van der Waals surface area contributed by atoms with Crippen molar-refractivity contribution in [2.45, 2.75) is 31.8 Å². The first-order chi connectivity index (χ1) is 17.1. The monoisotopic (exact) mass is 512 g/mol.